The van der Waals surface area contributed by atoms with Crippen LogP contribution in [-0.2, 0) is 10.0 Å². The number of hydrogen-bond acceptors (Lipinski definition) is 4. The topological polar surface area (TPSA) is 80.5 Å². The SMILES string of the molecule is CC(C)C(=O)c1ccc(S(=O)(=O)N2CCC(C)(CN)C2)cc1.Cl. The number of hydrogen-bond donors (Lipinski definition) is 1. The highest BCUT2D eigenvalue weighted by atomic mass is 35.5. The van der Waals surface area contributed by atoms with E-state index in [9.17, 15) is 13.2 Å². The molecule has 1 aliphatic heterocycles. The van der Waals surface area contributed by atoms with Crippen LogP contribution in [0.3, 0.4) is 0 Å². The van der Waals surface area contributed by atoms with E-state index < -0.39 is 10.0 Å². The normalized spacial score (nSPS) is 22.1. The molecule has 1 fully saturated rings. The lowest BCUT2D eigenvalue weighted by Crippen LogP contribution is -2.34. The molecule has 1 aliphatic rings. The molecule has 7 heteroatoms. The Kier molecular flexibility index (Phi) is 6.38. The van der Waals surface area contributed by atoms with Crippen molar-refractivity contribution in [3.05, 3.63) is 29.8 Å². The lowest BCUT2D eigenvalue weighted by Gasteiger charge is -2.22. The number of carbonyl (C=O) groups excluding carboxylic acids is 1. The summed E-state index contributed by atoms with van der Waals surface area (Å²) < 4.78 is 26.8. The van der Waals surface area contributed by atoms with Gasteiger partial charge in [-0.3, -0.25) is 4.79 Å². The first-order valence-corrected chi connectivity index (χ1v) is 8.98. The van der Waals surface area contributed by atoms with Gasteiger partial charge in [-0.25, -0.2) is 8.42 Å². The van der Waals surface area contributed by atoms with Crippen LogP contribution in [0.25, 0.3) is 0 Å². The van der Waals surface area contributed by atoms with Crippen molar-refractivity contribution in [2.75, 3.05) is 19.6 Å². The zero-order valence-electron chi connectivity index (χ0n) is 13.8. The molecule has 1 aromatic carbocycles. The molecule has 5 nitrogen and oxygen atoms in total. The Morgan fingerprint density at radius 3 is 2.30 bits per heavy atom. The van der Waals surface area contributed by atoms with Crippen molar-refractivity contribution >= 4 is 28.2 Å². The average Bonchev–Trinajstić information content (AvgIpc) is 2.90. The quantitative estimate of drug-likeness (QED) is 0.817. The minimum atomic E-state index is -3.52. The third kappa shape index (κ3) is 4.12. The van der Waals surface area contributed by atoms with Gasteiger partial charge in [0.15, 0.2) is 5.78 Å². The van der Waals surface area contributed by atoms with Crippen LogP contribution in [0.2, 0.25) is 0 Å². The molecule has 2 N–H and O–H groups in total. The number of rotatable bonds is 5. The standard InChI is InChI=1S/C16H24N2O3S.ClH/c1-12(2)15(19)13-4-6-14(7-5-13)22(20,21)18-9-8-16(3,10-17)11-18;/h4-7,12H,8-11,17H2,1-3H3;1H. The number of halogens is 1. The first kappa shape index (κ1) is 20.1. The van der Waals surface area contributed by atoms with Crippen LogP contribution in [0.5, 0.6) is 0 Å². The van der Waals surface area contributed by atoms with Crippen molar-refractivity contribution < 1.29 is 13.2 Å². The molecular weight excluding hydrogens is 336 g/mol. The van der Waals surface area contributed by atoms with Crippen LogP contribution in [0.15, 0.2) is 29.2 Å². The maximum atomic E-state index is 12.7. The molecule has 1 aromatic rings. The second-order valence-corrected chi connectivity index (χ2v) is 8.58. The van der Waals surface area contributed by atoms with Crippen LogP contribution in [-0.4, -0.2) is 38.1 Å². The van der Waals surface area contributed by atoms with Gasteiger partial charge in [-0.1, -0.05) is 32.9 Å². The summed E-state index contributed by atoms with van der Waals surface area (Å²) in [6.07, 6.45) is 0.770. The summed E-state index contributed by atoms with van der Waals surface area (Å²) in [6.45, 7) is 7.06. The van der Waals surface area contributed by atoms with Crippen LogP contribution in [0.4, 0.5) is 0 Å². The molecule has 0 saturated carbocycles. The second kappa shape index (κ2) is 7.30. The molecule has 23 heavy (non-hydrogen) atoms. The minimum Gasteiger partial charge on any atom is -0.330 e. The fraction of sp³-hybridized carbons (Fsp3) is 0.562. The van der Waals surface area contributed by atoms with Crippen LogP contribution >= 0.6 is 12.4 Å². The average molecular weight is 361 g/mol. The predicted octanol–water partition coefficient (Wildman–Crippen LogP) is 2.31. The predicted molar refractivity (Wildman–Crippen MR) is 93.4 cm³/mol. The van der Waals surface area contributed by atoms with Crippen molar-refractivity contribution in [2.24, 2.45) is 17.1 Å². The van der Waals surface area contributed by atoms with Crippen molar-refractivity contribution in [2.45, 2.75) is 32.1 Å². The summed E-state index contributed by atoms with van der Waals surface area (Å²) in [7, 11) is -3.52. The monoisotopic (exact) mass is 360 g/mol. The van der Waals surface area contributed by atoms with E-state index in [1.165, 1.54) is 16.4 Å². The van der Waals surface area contributed by atoms with Crippen molar-refractivity contribution in [3.8, 4) is 0 Å². The Balaban J connectivity index is 0.00000264. The molecule has 1 heterocycles. The van der Waals surface area contributed by atoms with Crippen molar-refractivity contribution in [1.29, 1.82) is 0 Å². The van der Waals surface area contributed by atoms with E-state index in [1.54, 1.807) is 12.1 Å². The smallest absolute Gasteiger partial charge is 0.243 e. The minimum absolute atomic E-state index is 0. The van der Waals surface area contributed by atoms with Gasteiger partial charge < -0.3 is 5.73 Å². The fourth-order valence-electron chi connectivity index (χ4n) is 2.62. The number of Topliss-reactive ketones (excluding diaryl/α,β-unsaturated/α-hetero) is 1. The number of sulfonamides is 1. The third-order valence-electron chi connectivity index (χ3n) is 4.32. The highest BCUT2D eigenvalue weighted by Gasteiger charge is 2.38. The molecule has 0 spiro atoms. The summed E-state index contributed by atoms with van der Waals surface area (Å²) >= 11 is 0. The van der Waals surface area contributed by atoms with Gasteiger partial charge in [0, 0.05) is 24.6 Å². The first-order chi connectivity index (χ1) is 10.2. The van der Waals surface area contributed by atoms with Gasteiger partial charge in [-0.15, -0.1) is 12.4 Å². The largest absolute Gasteiger partial charge is 0.330 e. The highest BCUT2D eigenvalue weighted by molar-refractivity contribution is 7.89. The van der Waals surface area contributed by atoms with Gasteiger partial charge in [-0.05, 0) is 30.5 Å². The Hall–Kier alpha value is -0.950. The number of benzene rings is 1. The Bertz CT molecular complexity index is 658. The Morgan fingerprint density at radius 1 is 1.30 bits per heavy atom. The molecule has 2 rings (SSSR count). The van der Waals surface area contributed by atoms with E-state index in [2.05, 4.69) is 0 Å². The third-order valence-corrected chi connectivity index (χ3v) is 6.18. The van der Waals surface area contributed by atoms with Crippen LogP contribution < -0.4 is 5.73 Å². The number of ketones is 1. The van der Waals surface area contributed by atoms with Gasteiger partial charge in [0.05, 0.1) is 4.90 Å². The second-order valence-electron chi connectivity index (χ2n) is 6.65. The highest BCUT2D eigenvalue weighted by Crippen LogP contribution is 2.32. The summed E-state index contributed by atoms with van der Waals surface area (Å²) in [5.41, 5.74) is 6.13. The molecule has 0 aromatic heterocycles. The molecule has 1 atom stereocenters. The zero-order chi connectivity index (χ0) is 16.5. The lowest BCUT2D eigenvalue weighted by molar-refractivity contribution is 0.0939. The van der Waals surface area contributed by atoms with E-state index in [4.69, 9.17) is 5.73 Å². The molecule has 1 unspecified atom stereocenters. The van der Waals surface area contributed by atoms with Gasteiger partial charge >= 0.3 is 0 Å². The number of carbonyl (C=O) groups is 1. The van der Waals surface area contributed by atoms with Crippen molar-refractivity contribution in [1.82, 2.24) is 4.31 Å². The summed E-state index contributed by atoms with van der Waals surface area (Å²) in [4.78, 5) is 12.1. The Labute approximate surface area is 144 Å². The van der Waals surface area contributed by atoms with Crippen LogP contribution in [0, 0.1) is 11.3 Å². The molecule has 0 amide bonds. The number of nitrogens with two attached hydrogens (primary N) is 1. The zero-order valence-corrected chi connectivity index (χ0v) is 15.4. The molecule has 0 aliphatic carbocycles. The van der Waals surface area contributed by atoms with E-state index >= 15 is 0 Å². The fourth-order valence-corrected chi connectivity index (χ4v) is 4.22. The first-order valence-electron chi connectivity index (χ1n) is 7.54. The van der Waals surface area contributed by atoms with Crippen molar-refractivity contribution in [3.63, 3.8) is 0 Å². The molecular formula is C16H25ClN2O3S. The van der Waals surface area contributed by atoms with Crippen LogP contribution in [0.1, 0.15) is 37.6 Å². The van der Waals surface area contributed by atoms with E-state index in [0.717, 1.165) is 6.42 Å². The van der Waals surface area contributed by atoms with Gasteiger partial charge in [0.1, 0.15) is 0 Å². The Morgan fingerprint density at radius 2 is 1.87 bits per heavy atom. The summed E-state index contributed by atoms with van der Waals surface area (Å²) in [5.74, 6) is -0.0906. The number of nitrogens with zero attached hydrogens (tertiary/aromatic N) is 1. The van der Waals surface area contributed by atoms with Gasteiger partial charge in [-0.2, -0.15) is 4.31 Å². The summed E-state index contributed by atoms with van der Waals surface area (Å²) in [5, 5.41) is 0. The van der Waals surface area contributed by atoms with E-state index in [1.807, 2.05) is 20.8 Å². The summed E-state index contributed by atoms with van der Waals surface area (Å²) in [6, 6.07) is 6.22. The maximum absolute atomic E-state index is 12.7. The van der Waals surface area contributed by atoms with Gasteiger partial charge in [0.2, 0.25) is 10.0 Å². The van der Waals surface area contributed by atoms with Gasteiger partial charge in [0.25, 0.3) is 0 Å². The maximum Gasteiger partial charge on any atom is 0.243 e. The molecule has 0 radical (unpaired) electrons. The van der Waals surface area contributed by atoms with E-state index in [0.29, 0.717) is 25.2 Å². The molecule has 130 valence electrons. The van der Waals surface area contributed by atoms with E-state index in [-0.39, 0.29) is 34.4 Å². The molecule has 1 saturated heterocycles. The molecule has 0 bridgehead atoms. The lowest BCUT2D eigenvalue weighted by atomic mass is 9.90.